The van der Waals surface area contributed by atoms with Gasteiger partial charge in [-0.25, -0.2) is 4.98 Å². The fourth-order valence-electron chi connectivity index (χ4n) is 5.02. The average Bonchev–Trinajstić information content (AvgIpc) is 3.54. The lowest BCUT2D eigenvalue weighted by atomic mass is 10.2. The third kappa shape index (κ3) is 5.30. The van der Waals surface area contributed by atoms with Gasteiger partial charge < -0.3 is 34.6 Å². The van der Waals surface area contributed by atoms with E-state index in [2.05, 4.69) is 77.2 Å². The van der Waals surface area contributed by atoms with E-state index in [0.717, 1.165) is 37.5 Å². The van der Waals surface area contributed by atoms with Gasteiger partial charge in [0.25, 0.3) is 0 Å². The maximum absolute atomic E-state index is 12.0. The standard InChI is InChI=1S/C27H37N9O2/c1-6-23(37)30-21-15-35(16-22(21)38-5)27-31-25(24-26(32-27)36(17-28-24)18(2)3)29-19-7-9-20(10-8-19)34-13-11-33(4)12-14-34/h6-10,17-18,21-22H,1,11-16H2,2-5H3,(H,30,37)(H,29,31,32)/t21-,22-/m0/s1. The Hall–Kier alpha value is -3.70. The summed E-state index contributed by atoms with van der Waals surface area (Å²) < 4.78 is 7.71. The highest BCUT2D eigenvalue weighted by Gasteiger charge is 2.35. The van der Waals surface area contributed by atoms with Gasteiger partial charge in [0.2, 0.25) is 11.9 Å². The van der Waals surface area contributed by atoms with E-state index in [9.17, 15) is 4.79 Å². The van der Waals surface area contributed by atoms with Crippen LogP contribution in [-0.2, 0) is 9.53 Å². The molecule has 2 aromatic heterocycles. The predicted molar refractivity (Wildman–Crippen MR) is 150 cm³/mol. The summed E-state index contributed by atoms with van der Waals surface area (Å²) in [4.78, 5) is 33.2. The van der Waals surface area contributed by atoms with Crippen molar-refractivity contribution in [1.29, 1.82) is 0 Å². The first kappa shape index (κ1) is 25.9. The minimum absolute atomic E-state index is 0.184. The number of likely N-dealkylation sites (N-methyl/N-ethyl adjacent to an activating group) is 1. The highest BCUT2D eigenvalue weighted by Crippen LogP contribution is 2.30. The van der Waals surface area contributed by atoms with Gasteiger partial charge in [-0.05, 0) is 51.2 Å². The van der Waals surface area contributed by atoms with Gasteiger partial charge in [-0.15, -0.1) is 0 Å². The minimum Gasteiger partial charge on any atom is -0.377 e. The van der Waals surface area contributed by atoms with Crippen LogP contribution in [0.4, 0.5) is 23.1 Å². The normalized spacial score (nSPS) is 20.3. The molecule has 2 fully saturated rings. The highest BCUT2D eigenvalue weighted by molar-refractivity contribution is 5.88. The number of carbonyl (C=O) groups excluding carboxylic acids is 1. The molecule has 0 spiro atoms. The fourth-order valence-corrected chi connectivity index (χ4v) is 5.02. The van der Waals surface area contributed by atoms with Gasteiger partial charge in [0, 0.05) is 63.8 Å². The number of aromatic nitrogens is 4. The molecule has 0 unspecified atom stereocenters. The zero-order chi connectivity index (χ0) is 26.8. The average molecular weight is 520 g/mol. The number of anilines is 4. The Morgan fingerprint density at radius 2 is 1.84 bits per heavy atom. The van der Waals surface area contributed by atoms with Gasteiger partial charge in [0.05, 0.1) is 18.5 Å². The molecule has 0 aliphatic carbocycles. The van der Waals surface area contributed by atoms with Crippen molar-refractivity contribution in [3.63, 3.8) is 0 Å². The molecular weight excluding hydrogens is 482 g/mol. The van der Waals surface area contributed by atoms with Crippen LogP contribution in [0, 0.1) is 0 Å². The van der Waals surface area contributed by atoms with Crippen molar-refractivity contribution in [2.45, 2.75) is 32.0 Å². The monoisotopic (exact) mass is 519 g/mol. The summed E-state index contributed by atoms with van der Waals surface area (Å²) in [6, 6.07) is 8.45. The van der Waals surface area contributed by atoms with Crippen LogP contribution >= 0.6 is 0 Å². The molecule has 2 N–H and O–H groups in total. The number of ether oxygens (including phenoxy) is 1. The predicted octanol–water partition coefficient (Wildman–Crippen LogP) is 2.41. The van der Waals surface area contributed by atoms with Crippen LogP contribution in [0.3, 0.4) is 0 Å². The Kier molecular flexibility index (Phi) is 7.48. The zero-order valence-corrected chi connectivity index (χ0v) is 22.6. The van der Waals surface area contributed by atoms with E-state index < -0.39 is 0 Å². The lowest BCUT2D eigenvalue weighted by molar-refractivity contribution is -0.117. The number of benzene rings is 1. The smallest absolute Gasteiger partial charge is 0.243 e. The SMILES string of the molecule is C=CC(=O)N[C@H]1CN(c2nc(Nc3ccc(N4CCN(C)CC4)cc3)c3ncn(C(C)C)c3n2)C[C@@H]1OC. The van der Waals surface area contributed by atoms with E-state index in [0.29, 0.717) is 30.4 Å². The number of rotatable bonds is 8. The number of methoxy groups -OCH3 is 1. The van der Waals surface area contributed by atoms with E-state index >= 15 is 0 Å². The maximum Gasteiger partial charge on any atom is 0.243 e. The van der Waals surface area contributed by atoms with Crippen LogP contribution in [0.25, 0.3) is 11.2 Å². The Morgan fingerprint density at radius 3 is 2.50 bits per heavy atom. The molecule has 202 valence electrons. The van der Waals surface area contributed by atoms with Crippen LogP contribution in [0.2, 0.25) is 0 Å². The number of amides is 1. The summed E-state index contributed by atoms with van der Waals surface area (Å²) in [5.74, 6) is 0.980. The number of carbonyl (C=O) groups is 1. The Bertz CT molecular complexity index is 1280. The third-order valence-electron chi connectivity index (χ3n) is 7.33. The second-order valence-corrected chi connectivity index (χ2v) is 10.3. The molecule has 2 aliphatic heterocycles. The van der Waals surface area contributed by atoms with Crippen LogP contribution < -0.4 is 20.4 Å². The Morgan fingerprint density at radius 1 is 1.11 bits per heavy atom. The molecule has 2 aliphatic rings. The highest BCUT2D eigenvalue weighted by atomic mass is 16.5. The molecule has 1 aromatic carbocycles. The van der Waals surface area contributed by atoms with Crippen molar-refractivity contribution >= 4 is 40.2 Å². The van der Waals surface area contributed by atoms with Crippen LogP contribution in [0.1, 0.15) is 19.9 Å². The van der Waals surface area contributed by atoms with E-state index in [1.807, 2.05) is 15.8 Å². The number of hydrogen-bond donors (Lipinski definition) is 2. The number of hydrogen-bond acceptors (Lipinski definition) is 9. The largest absolute Gasteiger partial charge is 0.377 e. The van der Waals surface area contributed by atoms with Gasteiger partial charge in [-0.2, -0.15) is 9.97 Å². The van der Waals surface area contributed by atoms with Crippen molar-refractivity contribution < 1.29 is 9.53 Å². The molecule has 38 heavy (non-hydrogen) atoms. The third-order valence-corrected chi connectivity index (χ3v) is 7.33. The second-order valence-electron chi connectivity index (χ2n) is 10.3. The van der Waals surface area contributed by atoms with Crippen molar-refractivity contribution in [1.82, 2.24) is 29.7 Å². The quantitative estimate of drug-likeness (QED) is 0.434. The summed E-state index contributed by atoms with van der Waals surface area (Å²) in [6.45, 7) is 13.0. The summed E-state index contributed by atoms with van der Waals surface area (Å²) >= 11 is 0. The van der Waals surface area contributed by atoms with Crippen LogP contribution in [0.15, 0.2) is 43.2 Å². The lowest BCUT2D eigenvalue weighted by Crippen LogP contribution is -2.44. The molecule has 2 saturated heterocycles. The zero-order valence-electron chi connectivity index (χ0n) is 22.6. The first-order valence-corrected chi connectivity index (χ1v) is 13.1. The van der Waals surface area contributed by atoms with Crippen LogP contribution in [0.5, 0.6) is 0 Å². The minimum atomic E-state index is -0.226. The lowest BCUT2D eigenvalue weighted by Gasteiger charge is -2.34. The van der Waals surface area contributed by atoms with Gasteiger partial charge in [-0.1, -0.05) is 6.58 Å². The Labute approximate surface area is 223 Å². The molecule has 3 aromatic rings. The Balaban J connectivity index is 1.43. The van der Waals surface area contributed by atoms with Crippen LogP contribution in [-0.4, -0.2) is 95.9 Å². The summed E-state index contributed by atoms with van der Waals surface area (Å²) in [6.07, 6.45) is 2.90. The molecular formula is C27H37N9O2. The molecule has 2 atom stereocenters. The molecule has 0 saturated carbocycles. The van der Waals surface area contributed by atoms with Gasteiger partial charge in [-0.3, -0.25) is 4.79 Å². The van der Waals surface area contributed by atoms with E-state index in [-0.39, 0.29) is 24.1 Å². The molecule has 0 radical (unpaired) electrons. The summed E-state index contributed by atoms with van der Waals surface area (Å²) in [5, 5.41) is 6.44. The first-order chi connectivity index (χ1) is 18.4. The molecule has 11 heteroatoms. The van der Waals surface area contributed by atoms with Crippen molar-refractivity contribution in [2.75, 3.05) is 68.5 Å². The number of nitrogens with one attached hydrogen (secondary N) is 2. The fraction of sp³-hybridized carbons (Fsp3) is 0.481. The van der Waals surface area contributed by atoms with E-state index in [4.69, 9.17) is 14.7 Å². The number of piperazine rings is 1. The van der Waals surface area contributed by atoms with Crippen molar-refractivity contribution in [3.05, 3.63) is 43.2 Å². The first-order valence-electron chi connectivity index (χ1n) is 13.1. The van der Waals surface area contributed by atoms with Gasteiger partial charge in [0.1, 0.15) is 0 Å². The maximum atomic E-state index is 12.0. The van der Waals surface area contributed by atoms with E-state index in [1.54, 1.807) is 7.11 Å². The number of fused-ring (bicyclic) bond motifs is 1. The van der Waals surface area contributed by atoms with Gasteiger partial charge >= 0.3 is 0 Å². The molecule has 4 heterocycles. The number of imidazole rings is 1. The second kappa shape index (κ2) is 11.0. The van der Waals surface area contributed by atoms with E-state index in [1.165, 1.54) is 11.8 Å². The number of nitrogens with zero attached hydrogens (tertiary/aromatic N) is 7. The summed E-state index contributed by atoms with van der Waals surface area (Å²) in [7, 11) is 3.81. The summed E-state index contributed by atoms with van der Waals surface area (Å²) in [5.41, 5.74) is 3.62. The topological polar surface area (TPSA) is 104 Å². The van der Waals surface area contributed by atoms with Crippen molar-refractivity contribution in [3.8, 4) is 0 Å². The molecule has 1 amide bonds. The van der Waals surface area contributed by atoms with Crippen molar-refractivity contribution in [2.24, 2.45) is 0 Å². The van der Waals surface area contributed by atoms with Gasteiger partial charge in [0.15, 0.2) is 17.0 Å². The molecule has 11 nitrogen and oxygen atoms in total. The molecule has 0 bridgehead atoms. The molecule has 5 rings (SSSR count).